The van der Waals surface area contributed by atoms with Crippen molar-refractivity contribution in [3.63, 3.8) is 0 Å². The van der Waals surface area contributed by atoms with Gasteiger partial charge < -0.3 is 9.15 Å². The van der Waals surface area contributed by atoms with Crippen LogP contribution in [0.25, 0.3) is 0 Å². The van der Waals surface area contributed by atoms with E-state index < -0.39 is 22.6 Å². The Labute approximate surface area is 210 Å². The van der Waals surface area contributed by atoms with Gasteiger partial charge >= 0.3 is 5.91 Å². The number of hydrogen-bond donors (Lipinski definition) is 3. The predicted octanol–water partition coefficient (Wildman–Crippen LogP) is 2.81. The van der Waals surface area contributed by atoms with E-state index in [0.717, 1.165) is 0 Å². The number of nitrogens with zero attached hydrogens (tertiary/aromatic N) is 2. The van der Waals surface area contributed by atoms with Gasteiger partial charge in [-0.2, -0.15) is 5.10 Å². The van der Waals surface area contributed by atoms with Crippen LogP contribution in [0.2, 0.25) is 0 Å². The molecule has 1 aliphatic carbocycles. The Morgan fingerprint density at radius 2 is 1.73 bits per heavy atom. The fourth-order valence-electron chi connectivity index (χ4n) is 3.80. The van der Waals surface area contributed by atoms with E-state index in [2.05, 4.69) is 21.4 Å². The molecular formula is C25H23N5O7. The number of amides is 3. The van der Waals surface area contributed by atoms with Crippen LogP contribution in [0, 0.1) is 17.0 Å². The fraction of sp³-hybridized carbons (Fsp3) is 0.200. The molecule has 1 aromatic heterocycles. The summed E-state index contributed by atoms with van der Waals surface area (Å²) in [5.41, 5.74) is 8.74. The molecule has 0 unspecified atom stereocenters. The summed E-state index contributed by atoms with van der Waals surface area (Å²) in [5, 5.41) is 15.0. The molecule has 3 amide bonds. The summed E-state index contributed by atoms with van der Waals surface area (Å²) in [6.07, 6.45) is 1.88. The molecule has 12 nitrogen and oxygen atoms in total. The van der Waals surface area contributed by atoms with Gasteiger partial charge in [0.1, 0.15) is 11.5 Å². The molecule has 0 saturated heterocycles. The Kier molecular flexibility index (Phi) is 7.57. The topological polar surface area (TPSA) is 165 Å². The third kappa shape index (κ3) is 5.99. The number of carbonyl (C=O) groups excluding carboxylic acids is 3. The summed E-state index contributed by atoms with van der Waals surface area (Å²) < 4.78 is 11.2. The Bertz CT molecular complexity index is 1360. The van der Waals surface area contributed by atoms with Crippen molar-refractivity contribution in [2.45, 2.75) is 26.2 Å². The molecule has 0 bridgehead atoms. The second-order valence-corrected chi connectivity index (χ2v) is 8.12. The number of nitrogens with one attached hydrogen (secondary N) is 3. The van der Waals surface area contributed by atoms with Crippen LogP contribution in [0.4, 0.5) is 5.69 Å². The Morgan fingerprint density at radius 3 is 2.43 bits per heavy atom. The molecule has 12 heteroatoms. The largest absolute Gasteiger partial charge is 0.484 e. The molecular weight excluding hydrogens is 482 g/mol. The van der Waals surface area contributed by atoms with E-state index >= 15 is 0 Å². The predicted molar refractivity (Wildman–Crippen MR) is 131 cm³/mol. The molecule has 0 atom stereocenters. The fourth-order valence-corrected chi connectivity index (χ4v) is 3.80. The zero-order valence-corrected chi connectivity index (χ0v) is 19.8. The van der Waals surface area contributed by atoms with Crippen molar-refractivity contribution in [1.82, 2.24) is 16.3 Å². The Balaban J connectivity index is 1.39. The normalized spacial score (nSPS) is 13.4. The maximum atomic E-state index is 12.7. The monoisotopic (exact) mass is 505 g/mol. The first-order valence-electron chi connectivity index (χ1n) is 11.3. The number of nitro groups is 1. The lowest BCUT2D eigenvalue weighted by Crippen LogP contribution is -2.41. The molecule has 0 radical (unpaired) electrons. The van der Waals surface area contributed by atoms with Crippen LogP contribution in [0.3, 0.4) is 0 Å². The maximum Gasteiger partial charge on any atom is 0.305 e. The van der Waals surface area contributed by atoms with E-state index in [0.29, 0.717) is 47.6 Å². The average molecular weight is 505 g/mol. The van der Waals surface area contributed by atoms with Gasteiger partial charge in [-0.15, -0.1) is 0 Å². The minimum atomic E-state index is -0.679. The van der Waals surface area contributed by atoms with Crippen LogP contribution in [0.5, 0.6) is 5.75 Å². The van der Waals surface area contributed by atoms with Crippen LogP contribution >= 0.6 is 0 Å². The van der Waals surface area contributed by atoms with E-state index in [1.807, 2.05) is 6.07 Å². The van der Waals surface area contributed by atoms with E-state index in [9.17, 15) is 24.5 Å². The van der Waals surface area contributed by atoms with Gasteiger partial charge in [-0.3, -0.25) is 35.3 Å². The van der Waals surface area contributed by atoms with Crippen LogP contribution in [0.15, 0.2) is 64.1 Å². The third-order valence-corrected chi connectivity index (χ3v) is 5.59. The highest BCUT2D eigenvalue weighted by molar-refractivity contribution is 6.07. The lowest BCUT2D eigenvalue weighted by atomic mass is 9.93. The number of non-ortho nitro benzene ring substituents is 1. The second kappa shape index (κ2) is 11.2. The van der Waals surface area contributed by atoms with Crippen molar-refractivity contribution >= 4 is 29.1 Å². The lowest BCUT2D eigenvalue weighted by Gasteiger charge is -2.13. The lowest BCUT2D eigenvalue weighted by molar-refractivity contribution is -0.384. The molecule has 0 aliphatic heterocycles. The molecule has 37 heavy (non-hydrogen) atoms. The van der Waals surface area contributed by atoms with Gasteiger partial charge in [0.15, 0.2) is 12.4 Å². The number of fused-ring (bicyclic) bond motifs is 1. The number of para-hydroxylation sites is 1. The molecule has 0 fully saturated rings. The molecule has 1 aliphatic rings. The van der Waals surface area contributed by atoms with Crippen LogP contribution < -0.4 is 21.0 Å². The molecule has 0 saturated carbocycles. The van der Waals surface area contributed by atoms with Crippen molar-refractivity contribution in [3.05, 3.63) is 92.9 Å². The second-order valence-electron chi connectivity index (χ2n) is 8.12. The van der Waals surface area contributed by atoms with Gasteiger partial charge in [-0.05, 0) is 44.0 Å². The van der Waals surface area contributed by atoms with Crippen LogP contribution in [-0.2, 0) is 11.2 Å². The van der Waals surface area contributed by atoms with Gasteiger partial charge in [-0.1, -0.05) is 18.2 Å². The van der Waals surface area contributed by atoms with E-state index in [1.165, 1.54) is 24.3 Å². The highest BCUT2D eigenvalue weighted by Gasteiger charge is 2.28. The number of carbonyl (C=O) groups is 3. The summed E-state index contributed by atoms with van der Waals surface area (Å²) >= 11 is 0. The highest BCUT2D eigenvalue weighted by atomic mass is 16.6. The number of hydrazone groups is 1. The van der Waals surface area contributed by atoms with E-state index in [-0.39, 0.29) is 23.6 Å². The number of rotatable bonds is 7. The first-order valence-corrected chi connectivity index (χ1v) is 11.3. The summed E-state index contributed by atoms with van der Waals surface area (Å²) in [4.78, 5) is 47.4. The third-order valence-electron chi connectivity index (χ3n) is 5.59. The first-order chi connectivity index (χ1) is 17.8. The first kappa shape index (κ1) is 25.1. The van der Waals surface area contributed by atoms with E-state index in [4.69, 9.17) is 9.15 Å². The Morgan fingerprint density at radius 1 is 1.03 bits per heavy atom. The number of benzene rings is 2. The zero-order chi connectivity index (χ0) is 26.4. The number of furan rings is 1. The zero-order valence-electron chi connectivity index (χ0n) is 19.8. The van der Waals surface area contributed by atoms with Crippen LogP contribution in [0.1, 0.15) is 50.6 Å². The SMILES string of the molecule is Cc1c(C(=O)NNC(=O)c2ccc([N+](=O)[O-])cc2)oc2c1/C(=N/NC(=O)COc1ccccc1)CCC2. The van der Waals surface area contributed by atoms with Gasteiger partial charge in [0.25, 0.3) is 17.5 Å². The van der Waals surface area contributed by atoms with Crippen LogP contribution in [-0.4, -0.2) is 35.0 Å². The summed E-state index contributed by atoms with van der Waals surface area (Å²) in [6.45, 7) is 1.48. The molecule has 0 spiro atoms. The molecule has 3 aromatic rings. The van der Waals surface area contributed by atoms with Crippen molar-refractivity contribution < 1.29 is 28.5 Å². The summed E-state index contributed by atoms with van der Waals surface area (Å²) in [7, 11) is 0. The van der Waals surface area contributed by atoms with Crippen molar-refractivity contribution in [3.8, 4) is 5.75 Å². The molecule has 190 valence electrons. The van der Waals surface area contributed by atoms with Gasteiger partial charge in [0, 0.05) is 35.2 Å². The number of ether oxygens (including phenoxy) is 1. The van der Waals surface area contributed by atoms with Crippen molar-refractivity contribution in [2.75, 3.05) is 6.61 Å². The van der Waals surface area contributed by atoms with Gasteiger partial charge in [0.2, 0.25) is 0 Å². The van der Waals surface area contributed by atoms with Gasteiger partial charge in [0.05, 0.1) is 10.6 Å². The van der Waals surface area contributed by atoms with Crippen molar-refractivity contribution in [1.29, 1.82) is 0 Å². The van der Waals surface area contributed by atoms with Gasteiger partial charge in [-0.25, -0.2) is 5.43 Å². The summed E-state index contributed by atoms with van der Waals surface area (Å²) in [6, 6.07) is 13.8. The molecule has 2 aromatic carbocycles. The number of hydrazine groups is 1. The highest BCUT2D eigenvalue weighted by Crippen LogP contribution is 2.29. The Hall–Kier alpha value is -5.00. The van der Waals surface area contributed by atoms with Crippen molar-refractivity contribution in [2.24, 2.45) is 5.10 Å². The minimum absolute atomic E-state index is 0.00216. The number of nitro benzene ring substituents is 1. The minimum Gasteiger partial charge on any atom is -0.484 e. The van der Waals surface area contributed by atoms with E-state index in [1.54, 1.807) is 31.2 Å². The summed E-state index contributed by atoms with van der Waals surface area (Å²) in [5.74, 6) is -0.642. The quantitative estimate of drug-likeness (QED) is 0.328. The number of aryl methyl sites for hydroxylation is 1. The standard InChI is InChI=1S/C25H23N5O7/c1-15-22-19(26-27-21(31)14-36-18-6-3-2-4-7-18)8-5-9-20(22)37-23(15)25(33)29-28-24(32)16-10-12-17(13-11-16)30(34)35/h2-4,6-7,10-13H,5,8-9,14H2,1H3,(H,27,31)(H,28,32)(H,29,33)/b26-19+. The molecule has 1 heterocycles. The smallest absolute Gasteiger partial charge is 0.305 e. The molecule has 3 N–H and O–H groups in total. The maximum absolute atomic E-state index is 12.7. The average Bonchev–Trinajstić information content (AvgIpc) is 3.26. The molecule has 4 rings (SSSR count). The number of hydrogen-bond acceptors (Lipinski definition) is 8.